The fourth-order valence-electron chi connectivity index (χ4n) is 1.81. The van der Waals surface area contributed by atoms with Crippen molar-refractivity contribution in [2.24, 2.45) is 0 Å². The molecular weight excluding hydrogens is 279 g/mol. The first-order valence-corrected chi connectivity index (χ1v) is 5.82. The molecule has 0 heterocycles. The van der Waals surface area contributed by atoms with Gasteiger partial charge in [0.25, 0.3) is 5.69 Å². The summed E-state index contributed by atoms with van der Waals surface area (Å²) in [7, 11) is 0. The van der Waals surface area contributed by atoms with Crippen LogP contribution in [0.25, 0.3) is 0 Å². The minimum absolute atomic E-state index is 0.0730. The lowest BCUT2D eigenvalue weighted by atomic mass is 10.0. The Labute approximate surface area is 118 Å². The second kappa shape index (κ2) is 5.91. The van der Waals surface area contributed by atoms with Crippen LogP contribution in [0.2, 0.25) is 0 Å². The number of ketones is 1. The van der Waals surface area contributed by atoms with Crippen molar-refractivity contribution in [2.45, 2.75) is 0 Å². The molecule has 21 heavy (non-hydrogen) atoms. The SMILES string of the molecule is O=CNc1ccc([N+](=O)[O-])cc1C(=O)c1ccccc1F. The Hall–Kier alpha value is -3.09. The molecule has 2 aromatic carbocycles. The minimum Gasteiger partial charge on any atom is -0.328 e. The van der Waals surface area contributed by atoms with E-state index in [1.807, 2.05) is 0 Å². The number of non-ortho nitro benzene ring substituents is 1. The first-order chi connectivity index (χ1) is 10.0. The molecule has 2 aromatic rings. The highest BCUT2D eigenvalue weighted by Crippen LogP contribution is 2.25. The number of nitro groups is 1. The van der Waals surface area contributed by atoms with Crippen LogP contribution in [-0.2, 0) is 4.79 Å². The molecule has 1 amide bonds. The van der Waals surface area contributed by atoms with E-state index in [0.29, 0.717) is 6.41 Å². The molecule has 0 bridgehead atoms. The van der Waals surface area contributed by atoms with Gasteiger partial charge in [0.05, 0.1) is 21.7 Å². The number of carbonyl (C=O) groups is 2. The Kier molecular flexibility index (Phi) is 4.03. The molecule has 0 aliphatic carbocycles. The van der Waals surface area contributed by atoms with Crippen LogP contribution in [0, 0.1) is 15.9 Å². The quantitative estimate of drug-likeness (QED) is 0.396. The van der Waals surface area contributed by atoms with Gasteiger partial charge in [-0.3, -0.25) is 19.7 Å². The van der Waals surface area contributed by atoms with Crippen LogP contribution >= 0.6 is 0 Å². The lowest BCUT2D eigenvalue weighted by Crippen LogP contribution is -2.09. The second-order valence-electron chi connectivity index (χ2n) is 4.06. The first kappa shape index (κ1) is 14.3. The standard InChI is InChI=1S/C14H9FN2O4/c15-12-4-2-1-3-10(12)14(19)11-7-9(17(20)21)5-6-13(11)16-8-18/h1-8H,(H,16,18). The van der Waals surface area contributed by atoms with Gasteiger partial charge in [-0.1, -0.05) is 12.1 Å². The zero-order chi connectivity index (χ0) is 15.4. The maximum absolute atomic E-state index is 13.7. The molecule has 106 valence electrons. The van der Waals surface area contributed by atoms with E-state index >= 15 is 0 Å². The third-order valence-electron chi connectivity index (χ3n) is 2.79. The molecule has 0 aliphatic rings. The monoisotopic (exact) mass is 288 g/mol. The summed E-state index contributed by atoms with van der Waals surface area (Å²) in [6.45, 7) is 0. The third-order valence-corrected chi connectivity index (χ3v) is 2.79. The Balaban J connectivity index is 2.57. The van der Waals surface area contributed by atoms with E-state index in [0.717, 1.165) is 18.2 Å². The van der Waals surface area contributed by atoms with Crippen molar-refractivity contribution in [1.29, 1.82) is 0 Å². The van der Waals surface area contributed by atoms with Crippen LogP contribution < -0.4 is 5.32 Å². The fourth-order valence-corrected chi connectivity index (χ4v) is 1.81. The lowest BCUT2D eigenvalue weighted by molar-refractivity contribution is -0.384. The molecule has 0 aromatic heterocycles. The zero-order valence-corrected chi connectivity index (χ0v) is 10.6. The van der Waals surface area contributed by atoms with E-state index in [2.05, 4.69) is 5.32 Å². The number of nitrogens with one attached hydrogen (secondary N) is 1. The average Bonchev–Trinajstić information content (AvgIpc) is 2.47. The van der Waals surface area contributed by atoms with E-state index in [4.69, 9.17) is 0 Å². The highest BCUT2D eigenvalue weighted by atomic mass is 19.1. The van der Waals surface area contributed by atoms with E-state index < -0.39 is 16.5 Å². The van der Waals surface area contributed by atoms with Gasteiger partial charge in [-0.15, -0.1) is 0 Å². The minimum atomic E-state index is -0.749. The van der Waals surface area contributed by atoms with E-state index in [-0.39, 0.29) is 22.5 Å². The molecule has 0 saturated heterocycles. The summed E-state index contributed by atoms with van der Waals surface area (Å²) in [5.41, 5.74) is -0.636. The number of amides is 1. The second-order valence-corrected chi connectivity index (χ2v) is 4.06. The van der Waals surface area contributed by atoms with Crippen LogP contribution in [-0.4, -0.2) is 17.1 Å². The number of nitrogens with zero attached hydrogens (tertiary/aromatic N) is 1. The highest BCUT2D eigenvalue weighted by Gasteiger charge is 2.20. The summed E-state index contributed by atoms with van der Waals surface area (Å²) < 4.78 is 13.7. The van der Waals surface area contributed by atoms with Crippen LogP contribution in [0.4, 0.5) is 15.8 Å². The number of halogens is 1. The van der Waals surface area contributed by atoms with Crippen molar-refractivity contribution in [1.82, 2.24) is 0 Å². The number of hydrogen-bond donors (Lipinski definition) is 1. The number of benzene rings is 2. The molecule has 0 saturated carbocycles. The number of nitro benzene ring substituents is 1. The van der Waals surface area contributed by atoms with E-state index in [1.165, 1.54) is 24.3 Å². The Morgan fingerprint density at radius 2 is 1.90 bits per heavy atom. The topological polar surface area (TPSA) is 89.3 Å². The van der Waals surface area contributed by atoms with Crippen molar-refractivity contribution < 1.29 is 18.9 Å². The van der Waals surface area contributed by atoms with Crippen molar-refractivity contribution in [2.75, 3.05) is 5.32 Å². The van der Waals surface area contributed by atoms with Gasteiger partial charge in [-0.25, -0.2) is 4.39 Å². The number of rotatable bonds is 5. The van der Waals surface area contributed by atoms with Gasteiger partial charge >= 0.3 is 0 Å². The van der Waals surface area contributed by atoms with Gasteiger partial charge in [-0.05, 0) is 18.2 Å². The summed E-state index contributed by atoms with van der Waals surface area (Å²) in [5, 5.41) is 13.0. The van der Waals surface area contributed by atoms with Gasteiger partial charge in [0.15, 0.2) is 5.78 Å². The largest absolute Gasteiger partial charge is 0.328 e. The van der Waals surface area contributed by atoms with Crippen LogP contribution in [0.15, 0.2) is 42.5 Å². The smallest absolute Gasteiger partial charge is 0.270 e. The van der Waals surface area contributed by atoms with Gasteiger partial charge in [-0.2, -0.15) is 0 Å². The van der Waals surface area contributed by atoms with Crippen molar-refractivity contribution in [3.05, 3.63) is 69.5 Å². The molecule has 1 N–H and O–H groups in total. The molecule has 0 radical (unpaired) electrons. The molecule has 7 heteroatoms. The normalized spacial score (nSPS) is 9.95. The van der Waals surface area contributed by atoms with Crippen molar-refractivity contribution in [3.8, 4) is 0 Å². The van der Waals surface area contributed by atoms with Gasteiger partial charge < -0.3 is 5.32 Å². The van der Waals surface area contributed by atoms with Crippen LogP contribution in [0.3, 0.4) is 0 Å². The molecule has 6 nitrogen and oxygen atoms in total. The molecule has 0 atom stereocenters. The Morgan fingerprint density at radius 3 is 2.52 bits per heavy atom. The van der Waals surface area contributed by atoms with Crippen molar-refractivity contribution >= 4 is 23.6 Å². The predicted molar refractivity (Wildman–Crippen MR) is 72.6 cm³/mol. The number of carbonyl (C=O) groups excluding carboxylic acids is 2. The molecule has 0 unspecified atom stereocenters. The lowest BCUT2D eigenvalue weighted by Gasteiger charge is -2.08. The number of hydrogen-bond acceptors (Lipinski definition) is 4. The maximum Gasteiger partial charge on any atom is 0.270 e. The first-order valence-electron chi connectivity index (χ1n) is 5.82. The summed E-state index contributed by atoms with van der Waals surface area (Å²) >= 11 is 0. The molecule has 0 spiro atoms. The van der Waals surface area contributed by atoms with E-state index in [1.54, 1.807) is 0 Å². The zero-order valence-electron chi connectivity index (χ0n) is 10.6. The number of anilines is 1. The molecular formula is C14H9FN2O4. The summed E-state index contributed by atoms with van der Waals surface area (Å²) in [4.78, 5) is 33.0. The molecule has 0 aliphatic heterocycles. The molecule has 0 fully saturated rings. The van der Waals surface area contributed by atoms with E-state index in [9.17, 15) is 24.1 Å². The van der Waals surface area contributed by atoms with Crippen molar-refractivity contribution in [3.63, 3.8) is 0 Å². The Bertz CT molecular complexity index is 731. The average molecular weight is 288 g/mol. The van der Waals surface area contributed by atoms with Crippen LogP contribution in [0.1, 0.15) is 15.9 Å². The summed E-state index contributed by atoms with van der Waals surface area (Å²) in [6, 6.07) is 8.63. The van der Waals surface area contributed by atoms with Gasteiger partial charge in [0.2, 0.25) is 6.41 Å². The van der Waals surface area contributed by atoms with Crippen LogP contribution in [0.5, 0.6) is 0 Å². The fraction of sp³-hybridized carbons (Fsp3) is 0. The Morgan fingerprint density at radius 1 is 1.19 bits per heavy atom. The highest BCUT2D eigenvalue weighted by molar-refractivity contribution is 6.13. The summed E-state index contributed by atoms with van der Waals surface area (Å²) in [6.07, 6.45) is 0.333. The predicted octanol–water partition coefficient (Wildman–Crippen LogP) is 2.53. The van der Waals surface area contributed by atoms with Gasteiger partial charge in [0.1, 0.15) is 5.82 Å². The summed E-state index contributed by atoms with van der Waals surface area (Å²) in [5.74, 6) is -1.49. The maximum atomic E-state index is 13.7. The third kappa shape index (κ3) is 2.92. The van der Waals surface area contributed by atoms with Gasteiger partial charge in [0, 0.05) is 12.1 Å². The molecule has 2 rings (SSSR count).